The zero-order valence-electron chi connectivity index (χ0n) is 34.1. The summed E-state index contributed by atoms with van der Waals surface area (Å²) in [4.78, 5) is 27.5. The number of pyridine rings is 2. The summed E-state index contributed by atoms with van der Waals surface area (Å²) in [6.45, 7) is 2.27. The Morgan fingerprint density at radius 2 is 1.03 bits per heavy atom. The molecule has 0 unspecified atom stereocenters. The Balaban J connectivity index is 0.000000242. The second-order valence-electron chi connectivity index (χ2n) is 11.9. The van der Waals surface area contributed by atoms with Crippen LogP contribution in [0.4, 0.5) is 11.6 Å². The van der Waals surface area contributed by atoms with Gasteiger partial charge in [-0.1, -0.05) is 46.7 Å². The lowest BCUT2D eigenvalue weighted by Crippen LogP contribution is -2.10. The van der Waals surface area contributed by atoms with Crippen LogP contribution in [0.2, 0.25) is 10.0 Å². The van der Waals surface area contributed by atoms with Crippen molar-refractivity contribution >= 4 is 110 Å². The van der Waals surface area contributed by atoms with Crippen LogP contribution in [0.3, 0.4) is 0 Å². The average Bonchev–Trinajstić information content (AvgIpc) is 3.25. The molecule has 0 aliphatic carbocycles. The number of thioether (sulfide) groups is 2. The molecule has 16 nitrogen and oxygen atoms in total. The van der Waals surface area contributed by atoms with Crippen molar-refractivity contribution < 1.29 is 36.8 Å². The maximum absolute atomic E-state index is 9.16. The number of aromatic nitrogens is 6. The number of anilines is 2. The molecule has 328 valence electrons. The summed E-state index contributed by atoms with van der Waals surface area (Å²) in [7, 11) is 14.4. The lowest BCUT2D eigenvalue weighted by Gasteiger charge is -2.16. The van der Waals surface area contributed by atoms with Crippen molar-refractivity contribution in [1.82, 2.24) is 29.9 Å². The first kappa shape index (κ1) is 49.6. The highest BCUT2D eigenvalue weighted by Gasteiger charge is 2.22. The second-order valence-corrected chi connectivity index (χ2v) is 17.9. The van der Waals surface area contributed by atoms with Crippen molar-refractivity contribution in [3.8, 4) is 45.5 Å². The molecule has 0 fully saturated rings. The molecule has 0 spiro atoms. The molecule has 0 amide bonds. The van der Waals surface area contributed by atoms with Crippen molar-refractivity contribution in [2.24, 2.45) is 0 Å². The quantitative estimate of drug-likeness (QED) is 0.0404. The van der Waals surface area contributed by atoms with Gasteiger partial charge >= 0.3 is 8.26 Å². The Hall–Kier alpha value is -4.05. The fourth-order valence-corrected chi connectivity index (χ4v) is 6.75. The van der Waals surface area contributed by atoms with Crippen molar-refractivity contribution in [1.29, 1.82) is 0 Å². The van der Waals surface area contributed by atoms with Gasteiger partial charge in [0.2, 0.25) is 0 Å². The van der Waals surface area contributed by atoms with Crippen molar-refractivity contribution in [2.45, 2.75) is 10.3 Å². The molecular weight excluding hydrogens is 934 g/mol. The van der Waals surface area contributed by atoms with E-state index in [-0.39, 0.29) is 0 Å². The fourth-order valence-electron chi connectivity index (χ4n) is 5.37. The number of nitrogens with zero attached hydrogens (tertiary/aromatic N) is 6. The van der Waals surface area contributed by atoms with Crippen molar-refractivity contribution in [3.63, 3.8) is 0 Å². The third kappa shape index (κ3) is 14.0. The van der Waals surface area contributed by atoms with E-state index in [0.29, 0.717) is 98.1 Å². The molecule has 0 bridgehead atoms. The van der Waals surface area contributed by atoms with E-state index in [0.717, 1.165) is 27.5 Å². The Labute approximate surface area is 381 Å². The van der Waals surface area contributed by atoms with E-state index in [9.17, 15) is 0 Å². The van der Waals surface area contributed by atoms with E-state index >= 15 is 0 Å². The van der Waals surface area contributed by atoms with Gasteiger partial charge in [0.15, 0.2) is 21.9 Å². The smallest absolute Gasteiger partial charge is 0.317 e. The number of rotatable bonds is 16. The van der Waals surface area contributed by atoms with Crippen LogP contribution >= 0.6 is 68.1 Å². The summed E-state index contributed by atoms with van der Waals surface area (Å²) in [6, 6.07) is 11.1. The number of hydrogen-bond donors (Lipinski definition) is 2. The first-order chi connectivity index (χ1) is 29.2. The number of methoxy groups -OCH3 is 6. The van der Waals surface area contributed by atoms with Gasteiger partial charge in [-0.05, 0) is 36.8 Å². The maximum Gasteiger partial charge on any atom is 0.317 e. The number of fused-ring (bicyclic) bond motifs is 2. The first-order valence-electron chi connectivity index (χ1n) is 17.6. The molecule has 2 aromatic carbocycles. The van der Waals surface area contributed by atoms with E-state index < -0.39 is 8.26 Å². The SMILES string of the molecule is COCCNc1nc(-c2c(Cl)c(OC)cc(OC)c2Cl)cc2cnc(SC)nc12.COCCNc1nc(-c2cc(OC)cc(OC)c2)cc2cnc(SC)nc12.O=S(=O)(Cl)Cl. The van der Waals surface area contributed by atoms with E-state index in [1.54, 1.807) is 40.7 Å². The van der Waals surface area contributed by atoms with Crippen LogP contribution < -0.4 is 29.6 Å². The Morgan fingerprint density at radius 3 is 1.43 bits per heavy atom. The molecule has 4 aromatic heterocycles. The van der Waals surface area contributed by atoms with Gasteiger partial charge in [0.25, 0.3) is 0 Å². The number of halogens is 4. The average molecular weight is 977 g/mol. The second kappa shape index (κ2) is 24.0. The Bertz CT molecular complexity index is 2490. The predicted octanol–water partition coefficient (Wildman–Crippen LogP) is 8.99. The highest BCUT2D eigenvalue weighted by Crippen LogP contribution is 2.46. The summed E-state index contributed by atoms with van der Waals surface area (Å²) in [5.41, 5.74) is 4.20. The normalized spacial score (nSPS) is 11.0. The summed E-state index contributed by atoms with van der Waals surface area (Å²) >= 11 is 16.1. The van der Waals surface area contributed by atoms with E-state index in [1.165, 1.54) is 37.7 Å². The molecule has 23 heteroatoms. The van der Waals surface area contributed by atoms with Gasteiger partial charge < -0.3 is 39.1 Å². The van der Waals surface area contributed by atoms with Crippen molar-refractivity contribution in [3.05, 3.63) is 58.8 Å². The van der Waals surface area contributed by atoms with E-state index in [2.05, 4.69) is 51.9 Å². The molecule has 6 aromatic rings. The lowest BCUT2D eigenvalue weighted by molar-refractivity contribution is 0.210. The molecule has 0 saturated carbocycles. The summed E-state index contributed by atoms with van der Waals surface area (Å²) < 4.78 is 50.1. The standard InChI is InChI=1S/C19H20Cl2N4O3S.C19H22N4O3S.Cl2O2S/c1-26-6-5-22-18-17-10(9-23-19(25-17)29-4)7-11(24-18)14-15(20)12(27-2)8-13(28-3)16(14)21;1-24-6-5-20-18-17-13(11-21-19(23-17)27-4)9-16(22-18)12-7-14(25-2)10-15(8-12)26-3;1-5(2,3)4/h7-9H,5-6H2,1-4H3,(H,22,24);7-11H,5-6H2,1-4H3,(H,20,22);. The highest BCUT2D eigenvalue weighted by atomic mass is 36.0. The molecule has 0 atom stereocenters. The van der Waals surface area contributed by atoms with Gasteiger partial charge in [0.05, 0.1) is 63.1 Å². The van der Waals surface area contributed by atoms with Crippen LogP contribution in [0, 0.1) is 0 Å². The summed E-state index contributed by atoms with van der Waals surface area (Å²) in [5.74, 6) is 3.56. The zero-order valence-corrected chi connectivity index (χ0v) is 39.6. The molecule has 0 saturated heterocycles. The molecule has 0 aliphatic rings. The van der Waals surface area contributed by atoms with Crippen LogP contribution in [0.25, 0.3) is 44.3 Å². The zero-order chi connectivity index (χ0) is 44.7. The number of nitrogens with one attached hydrogen (secondary N) is 2. The minimum Gasteiger partial charge on any atom is -0.497 e. The molecule has 61 heavy (non-hydrogen) atoms. The van der Waals surface area contributed by atoms with Gasteiger partial charge in [-0.15, -0.1) is 0 Å². The topological polar surface area (TPSA) is 191 Å². The van der Waals surface area contributed by atoms with Crippen LogP contribution in [0.5, 0.6) is 23.0 Å². The third-order valence-electron chi connectivity index (χ3n) is 8.13. The predicted molar refractivity (Wildman–Crippen MR) is 247 cm³/mol. The minimum absolute atomic E-state index is 0.342. The molecule has 0 radical (unpaired) electrons. The largest absolute Gasteiger partial charge is 0.497 e. The highest BCUT2D eigenvalue weighted by molar-refractivity contribution is 8.31. The van der Waals surface area contributed by atoms with Crippen LogP contribution in [0.15, 0.2) is 59.1 Å². The van der Waals surface area contributed by atoms with E-state index in [1.807, 2.05) is 49.0 Å². The number of hydrogen-bond acceptors (Lipinski definition) is 18. The summed E-state index contributed by atoms with van der Waals surface area (Å²) in [5, 5.41) is 10.3. The van der Waals surface area contributed by atoms with Gasteiger partial charge in [0.1, 0.15) is 34.0 Å². The molecular formula is C38H42Cl4N8O8S3. The monoisotopic (exact) mass is 974 g/mol. The number of ether oxygens (including phenoxy) is 6. The fraction of sp³-hybridized carbons (Fsp3) is 0.316. The molecule has 2 N–H and O–H groups in total. The van der Waals surface area contributed by atoms with Gasteiger partial charge in [0, 0.05) is 95.1 Å². The van der Waals surface area contributed by atoms with Crippen LogP contribution in [-0.4, -0.2) is 120 Å². The lowest BCUT2D eigenvalue weighted by atomic mass is 10.1. The van der Waals surface area contributed by atoms with Gasteiger partial charge in [-0.3, -0.25) is 0 Å². The van der Waals surface area contributed by atoms with Crippen molar-refractivity contribution in [2.75, 3.05) is 92.1 Å². The third-order valence-corrected chi connectivity index (χ3v) is 10.0. The van der Waals surface area contributed by atoms with Crippen LogP contribution in [-0.2, 0) is 17.7 Å². The molecule has 6 rings (SSSR count). The van der Waals surface area contributed by atoms with Crippen LogP contribution in [0.1, 0.15) is 0 Å². The molecule has 0 aliphatic heterocycles. The van der Waals surface area contributed by atoms with Gasteiger partial charge in [-0.2, -0.15) is 8.42 Å². The first-order valence-corrected chi connectivity index (χ1v) is 23.9. The Kier molecular flexibility index (Phi) is 19.5. The van der Waals surface area contributed by atoms with E-state index in [4.69, 9.17) is 70.0 Å². The number of benzene rings is 2. The van der Waals surface area contributed by atoms with Gasteiger partial charge in [-0.25, -0.2) is 29.9 Å². The Morgan fingerprint density at radius 1 is 0.607 bits per heavy atom. The summed E-state index contributed by atoms with van der Waals surface area (Å²) in [6.07, 6.45) is 7.44. The minimum atomic E-state index is -3.72. The maximum atomic E-state index is 9.16. The molecule has 4 heterocycles.